The molecule has 0 aliphatic heterocycles. The van der Waals surface area contributed by atoms with Crippen LogP contribution in [0.3, 0.4) is 0 Å². The first-order valence-corrected chi connectivity index (χ1v) is 4.43. The minimum absolute atomic E-state index is 0.0298. The van der Waals surface area contributed by atoms with Crippen molar-refractivity contribution in [2.75, 3.05) is 6.61 Å². The number of benzene rings is 1. The van der Waals surface area contributed by atoms with Crippen LogP contribution in [0.25, 0.3) is 10.9 Å². The molecule has 2 aromatic rings. The highest BCUT2D eigenvalue weighted by Crippen LogP contribution is 2.20. The van der Waals surface area contributed by atoms with E-state index >= 15 is 0 Å². The number of nitrogens with zero attached hydrogens (tertiary/aromatic N) is 3. The van der Waals surface area contributed by atoms with Gasteiger partial charge in [0, 0.05) is 17.5 Å². The Labute approximate surface area is 84.9 Å². The molecular formula is C9H9N3O3. The third kappa shape index (κ3) is 1.66. The van der Waals surface area contributed by atoms with Crippen molar-refractivity contribution in [3.8, 4) is 0 Å². The molecule has 0 aliphatic rings. The number of hydrogen-bond acceptors (Lipinski definition) is 4. The Morgan fingerprint density at radius 3 is 3.00 bits per heavy atom. The van der Waals surface area contributed by atoms with Crippen LogP contribution in [0.2, 0.25) is 0 Å². The quantitative estimate of drug-likeness (QED) is 0.599. The van der Waals surface area contributed by atoms with Crippen molar-refractivity contribution in [2.24, 2.45) is 0 Å². The number of hydrogen-bond donors (Lipinski definition) is 1. The second kappa shape index (κ2) is 3.66. The molecule has 0 amide bonds. The van der Waals surface area contributed by atoms with Gasteiger partial charge in [0.15, 0.2) is 0 Å². The van der Waals surface area contributed by atoms with Crippen LogP contribution in [-0.2, 0) is 6.54 Å². The van der Waals surface area contributed by atoms with Crippen molar-refractivity contribution < 1.29 is 10.0 Å². The maximum atomic E-state index is 10.6. The van der Waals surface area contributed by atoms with Crippen LogP contribution >= 0.6 is 0 Å². The fourth-order valence-electron chi connectivity index (χ4n) is 1.45. The van der Waals surface area contributed by atoms with E-state index in [0.29, 0.717) is 12.1 Å². The molecule has 0 atom stereocenters. The monoisotopic (exact) mass is 207 g/mol. The lowest BCUT2D eigenvalue weighted by Gasteiger charge is -1.99. The molecule has 0 radical (unpaired) electrons. The third-order valence-corrected chi connectivity index (χ3v) is 2.15. The molecule has 0 saturated carbocycles. The summed E-state index contributed by atoms with van der Waals surface area (Å²) >= 11 is 0. The molecule has 0 aliphatic carbocycles. The molecule has 0 saturated heterocycles. The van der Waals surface area contributed by atoms with E-state index in [0.717, 1.165) is 5.39 Å². The molecule has 0 spiro atoms. The van der Waals surface area contributed by atoms with Gasteiger partial charge in [-0.3, -0.25) is 14.8 Å². The topological polar surface area (TPSA) is 81.2 Å². The first-order chi connectivity index (χ1) is 7.22. The van der Waals surface area contributed by atoms with Crippen molar-refractivity contribution in [2.45, 2.75) is 6.54 Å². The van der Waals surface area contributed by atoms with Crippen LogP contribution in [0.1, 0.15) is 0 Å². The Bertz CT molecular complexity index is 506. The molecule has 6 nitrogen and oxygen atoms in total. The maximum Gasteiger partial charge on any atom is 0.271 e. The summed E-state index contributed by atoms with van der Waals surface area (Å²) in [6, 6.07) is 4.54. The summed E-state index contributed by atoms with van der Waals surface area (Å²) < 4.78 is 1.54. The van der Waals surface area contributed by atoms with Gasteiger partial charge in [0.05, 0.1) is 29.8 Å². The number of non-ortho nitro benzene ring substituents is 1. The molecular weight excluding hydrogens is 198 g/mol. The molecule has 78 valence electrons. The summed E-state index contributed by atoms with van der Waals surface area (Å²) in [5.41, 5.74) is 0.695. The van der Waals surface area contributed by atoms with E-state index in [1.165, 1.54) is 12.1 Å². The summed E-state index contributed by atoms with van der Waals surface area (Å²) in [6.45, 7) is 0.296. The molecule has 0 unspecified atom stereocenters. The van der Waals surface area contributed by atoms with Gasteiger partial charge in [-0.2, -0.15) is 5.10 Å². The summed E-state index contributed by atoms with van der Waals surface area (Å²) in [5, 5.41) is 24.2. The first-order valence-electron chi connectivity index (χ1n) is 4.43. The number of nitro groups is 1. The lowest BCUT2D eigenvalue weighted by Crippen LogP contribution is -2.03. The first kappa shape index (κ1) is 9.60. The van der Waals surface area contributed by atoms with Crippen LogP contribution < -0.4 is 0 Å². The molecule has 1 aromatic carbocycles. The van der Waals surface area contributed by atoms with Crippen LogP contribution in [-0.4, -0.2) is 26.4 Å². The van der Waals surface area contributed by atoms with Crippen molar-refractivity contribution >= 4 is 16.6 Å². The van der Waals surface area contributed by atoms with Gasteiger partial charge in [0.2, 0.25) is 0 Å². The predicted molar refractivity (Wildman–Crippen MR) is 53.5 cm³/mol. The average molecular weight is 207 g/mol. The van der Waals surface area contributed by atoms with Gasteiger partial charge in [-0.25, -0.2) is 0 Å². The van der Waals surface area contributed by atoms with Crippen molar-refractivity contribution in [3.05, 3.63) is 34.5 Å². The summed E-state index contributed by atoms with van der Waals surface area (Å²) in [6.07, 6.45) is 1.62. The lowest BCUT2D eigenvalue weighted by atomic mass is 10.2. The number of fused-ring (bicyclic) bond motifs is 1. The average Bonchev–Trinajstić information content (AvgIpc) is 2.61. The van der Waals surface area contributed by atoms with E-state index in [9.17, 15) is 10.1 Å². The SMILES string of the molecule is O=[N+]([O-])c1ccc2cnn(CCO)c2c1. The molecule has 0 fully saturated rings. The van der Waals surface area contributed by atoms with Crippen molar-refractivity contribution in [1.29, 1.82) is 0 Å². The zero-order valence-corrected chi connectivity index (χ0v) is 7.83. The van der Waals surface area contributed by atoms with Gasteiger partial charge in [-0.15, -0.1) is 0 Å². The summed E-state index contributed by atoms with van der Waals surface area (Å²) in [4.78, 5) is 10.1. The fraction of sp³-hybridized carbons (Fsp3) is 0.222. The van der Waals surface area contributed by atoms with Crippen LogP contribution in [0.4, 0.5) is 5.69 Å². The second-order valence-electron chi connectivity index (χ2n) is 3.09. The van der Waals surface area contributed by atoms with Gasteiger partial charge in [-0.1, -0.05) is 0 Å². The smallest absolute Gasteiger partial charge is 0.271 e. The van der Waals surface area contributed by atoms with E-state index in [2.05, 4.69) is 5.10 Å². The minimum atomic E-state index is -0.449. The van der Waals surface area contributed by atoms with Gasteiger partial charge < -0.3 is 5.11 Å². The van der Waals surface area contributed by atoms with E-state index in [1.54, 1.807) is 16.9 Å². The van der Waals surface area contributed by atoms with Gasteiger partial charge in [0.1, 0.15) is 0 Å². The van der Waals surface area contributed by atoms with E-state index in [4.69, 9.17) is 5.11 Å². The molecule has 1 N–H and O–H groups in total. The van der Waals surface area contributed by atoms with Gasteiger partial charge >= 0.3 is 0 Å². The van der Waals surface area contributed by atoms with Crippen LogP contribution in [0.5, 0.6) is 0 Å². The largest absolute Gasteiger partial charge is 0.394 e. The minimum Gasteiger partial charge on any atom is -0.394 e. The number of rotatable bonds is 3. The molecule has 2 rings (SSSR count). The second-order valence-corrected chi connectivity index (χ2v) is 3.09. The van der Waals surface area contributed by atoms with E-state index < -0.39 is 4.92 Å². The molecule has 1 heterocycles. The van der Waals surface area contributed by atoms with Gasteiger partial charge in [-0.05, 0) is 6.07 Å². The molecule has 1 aromatic heterocycles. The zero-order chi connectivity index (χ0) is 10.8. The summed E-state index contributed by atoms with van der Waals surface area (Å²) in [7, 11) is 0. The van der Waals surface area contributed by atoms with Crippen molar-refractivity contribution in [3.63, 3.8) is 0 Å². The zero-order valence-electron chi connectivity index (χ0n) is 7.83. The Balaban J connectivity index is 2.56. The standard InChI is InChI=1S/C9H9N3O3/c13-4-3-11-9-5-8(12(14)15)2-1-7(9)6-10-11/h1-2,5-6,13H,3-4H2. The molecule has 0 bridgehead atoms. The Morgan fingerprint density at radius 2 is 2.33 bits per heavy atom. The number of aliphatic hydroxyl groups is 1. The Kier molecular flexibility index (Phi) is 2.34. The third-order valence-electron chi connectivity index (χ3n) is 2.15. The highest BCUT2D eigenvalue weighted by atomic mass is 16.6. The van der Waals surface area contributed by atoms with Gasteiger partial charge in [0.25, 0.3) is 5.69 Å². The predicted octanol–water partition coefficient (Wildman–Crippen LogP) is 0.937. The molecule has 15 heavy (non-hydrogen) atoms. The number of nitro benzene ring substituents is 1. The lowest BCUT2D eigenvalue weighted by molar-refractivity contribution is -0.384. The van der Waals surface area contributed by atoms with Crippen molar-refractivity contribution in [1.82, 2.24) is 9.78 Å². The Hall–Kier alpha value is -1.95. The summed E-state index contributed by atoms with van der Waals surface area (Å²) in [5.74, 6) is 0. The highest BCUT2D eigenvalue weighted by Gasteiger charge is 2.09. The van der Waals surface area contributed by atoms with E-state index in [1.807, 2.05) is 0 Å². The normalized spacial score (nSPS) is 10.7. The van der Waals surface area contributed by atoms with Crippen LogP contribution in [0, 0.1) is 10.1 Å². The maximum absolute atomic E-state index is 10.6. The van der Waals surface area contributed by atoms with E-state index in [-0.39, 0.29) is 12.3 Å². The number of aromatic nitrogens is 2. The molecule has 6 heteroatoms. The highest BCUT2D eigenvalue weighted by molar-refractivity contribution is 5.80. The Morgan fingerprint density at radius 1 is 1.53 bits per heavy atom. The van der Waals surface area contributed by atoms with Crippen LogP contribution in [0.15, 0.2) is 24.4 Å². The fourth-order valence-corrected chi connectivity index (χ4v) is 1.45. The number of aliphatic hydroxyl groups excluding tert-OH is 1.